The fraction of sp³-hybridized carbons (Fsp3) is 0.235. The number of rotatable bonds is 6. The van der Waals surface area contributed by atoms with Crippen molar-refractivity contribution in [2.45, 2.75) is 13.5 Å². The number of aryl methyl sites for hydroxylation is 1. The molecule has 0 radical (unpaired) electrons. The molecule has 0 bridgehead atoms. The Hall–Kier alpha value is -2.51. The van der Waals surface area contributed by atoms with Gasteiger partial charge in [0, 0.05) is 25.1 Å². The Morgan fingerprint density at radius 2 is 2.04 bits per heavy atom. The Morgan fingerprint density at radius 1 is 1.17 bits per heavy atom. The van der Waals surface area contributed by atoms with Gasteiger partial charge in [0.1, 0.15) is 10.8 Å². The largest absolute Gasteiger partial charge is 0.497 e. The molecule has 3 rings (SSSR count). The van der Waals surface area contributed by atoms with E-state index in [-0.39, 0.29) is 0 Å². The molecule has 1 aromatic carbocycles. The highest BCUT2D eigenvalue weighted by atomic mass is 32.1. The van der Waals surface area contributed by atoms with Crippen molar-refractivity contribution in [3.8, 4) is 16.3 Å². The van der Waals surface area contributed by atoms with Crippen molar-refractivity contribution < 1.29 is 9.47 Å². The van der Waals surface area contributed by atoms with Gasteiger partial charge in [0.05, 0.1) is 30.0 Å². The summed E-state index contributed by atoms with van der Waals surface area (Å²) in [5.74, 6) is 1.31. The summed E-state index contributed by atoms with van der Waals surface area (Å²) < 4.78 is 10.4. The second-order valence-electron chi connectivity index (χ2n) is 5.08. The van der Waals surface area contributed by atoms with Crippen LogP contribution in [0.3, 0.4) is 0 Å². The summed E-state index contributed by atoms with van der Waals surface area (Å²) in [5.41, 5.74) is 2.65. The zero-order valence-corrected chi connectivity index (χ0v) is 14.6. The molecule has 0 aliphatic carbocycles. The first-order chi connectivity index (χ1) is 11.7. The van der Waals surface area contributed by atoms with Crippen LogP contribution in [0.1, 0.15) is 10.7 Å². The zero-order chi connectivity index (χ0) is 16.9. The molecule has 0 atom stereocenters. The number of ether oxygens (including phenoxy) is 2. The molecular weight excluding hydrogens is 324 g/mol. The molecule has 0 fully saturated rings. The highest BCUT2D eigenvalue weighted by Gasteiger charge is 2.12. The first-order valence-corrected chi connectivity index (χ1v) is 8.21. The van der Waals surface area contributed by atoms with E-state index in [1.165, 1.54) is 0 Å². The first kappa shape index (κ1) is 16.4. The number of hydrogen-bond acceptors (Lipinski definition) is 7. The normalized spacial score (nSPS) is 10.6. The van der Waals surface area contributed by atoms with Gasteiger partial charge in [0.2, 0.25) is 5.95 Å². The van der Waals surface area contributed by atoms with Crippen LogP contribution in [0.4, 0.5) is 11.6 Å². The molecule has 0 saturated heterocycles. The lowest BCUT2D eigenvalue weighted by atomic mass is 10.3. The molecule has 124 valence electrons. The Kier molecular flexibility index (Phi) is 5.02. The average Bonchev–Trinajstić information content (AvgIpc) is 2.96. The number of methoxy groups -OCH3 is 2. The summed E-state index contributed by atoms with van der Waals surface area (Å²) in [6.07, 6.45) is 1.74. The van der Waals surface area contributed by atoms with Crippen LogP contribution in [0, 0.1) is 6.92 Å². The number of benzene rings is 1. The predicted molar refractivity (Wildman–Crippen MR) is 94.9 cm³/mol. The Morgan fingerprint density at radius 3 is 2.83 bits per heavy atom. The molecule has 24 heavy (non-hydrogen) atoms. The number of anilines is 2. The number of hydrogen-bond donors (Lipinski definition) is 1. The average molecular weight is 342 g/mol. The van der Waals surface area contributed by atoms with Crippen LogP contribution in [0.2, 0.25) is 0 Å². The Balaban J connectivity index is 1.86. The van der Waals surface area contributed by atoms with E-state index in [2.05, 4.69) is 20.3 Å². The minimum atomic E-state index is 0.505. The van der Waals surface area contributed by atoms with E-state index in [0.717, 1.165) is 32.7 Å². The Bertz CT molecular complexity index is 835. The summed E-state index contributed by atoms with van der Waals surface area (Å²) in [6.45, 7) is 2.48. The van der Waals surface area contributed by atoms with Crippen molar-refractivity contribution in [1.29, 1.82) is 0 Å². The SMILES string of the molecule is COCc1nc(C)c(-c2ccnc(Nc3cccc(OC)c3)n2)s1. The summed E-state index contributed by atoms with van der Waals surface area (Å²) in [5, 5.41) is 4.13. The molecule has 0 saturated carbocycles. The number of nitrogens with one attached hydrogen (secondary N) is 1. The van der Waals surface area contributed by atoms with E-state index in [0.29, 0.717) is 12.6 Å². The predicted octanol–water partition coefficient (Wildman–Crippen LogP) is 3.81. The van der Waals surface area contributed by atoms with Gasteiger partial charge in [-0.25, -0.2) is 15.0 Å². The molecule has 7 heteroatoms. The van der Waals surface area contributed by atoms with E-state index < -0.39 is 0 Å². The summed E-state index contributed by atoms with van der Waals surface area (Å²) in [4.78, 5) is 14.4. The zero-order valence-electron chi connectivity index (χ0n) is 13.7. The van der Waals surface area contributed by atoms with Crippen LogP contribution in [-0.2, 0) is 11.3 Å². The molecule has 6 nitrogen and oxygen atoms in total. The maximum Gasteiger partial charge on any atom is 0.227 e. The van der Waals surface area contributed by atoms with Crippen molar-refractivity contribution in [3.63, 3.8) is 0 Å². The molecule has 1 N–H and O–H groups in total. The molecule has 0 aliphatic heterocycles. The second kappa shape index (κ2) is 7.37. The smallest absolute Gasteiger partial charge is 0.227 e. The molecule has 2 heterocycles. The molecular formula is C17H18N4O2S. The van der Waals surface area contributed by atoms with Crippen LogP contribution >= 0.6 is 11.3 Å². The molecule has 0 aliphatic rings. The maximum atomic E-state index is 5.23. The standard InChI is InChI=1S/C17H18N4O2S/c1-11-16(24-15(19-11)10-22-2)14-7-8-18-17(21-14)20-12-5-4-6-13(9-12)23-3/h4-9H,10H2,1-3H3,(H,18,20,21). The molecule has 0 spiro atoms. The lowest BCUT2D eigenvalue weighted by Crippen LogP contribution is -1.98. The summed E-state index contributed by atoms with van der Waals surface area (Å²) >= 11 is 1.58. The monoisotopic (exact) mass is 342 g/mol. The fourth-order valence-corrected chi connectivity index (χ4v) is 3.26. The van der Waals surface area contributed by atoms with Crippen molar-refractivity contribution in [2.24, 2.45) is 0 Å². The van der Waals surface area contributed by atoms with Gasteiger partial charge >= 0.3 is 0 Å². The number of aromatic nitrogens is 3. The first-order valence-electron chi connectivity index (χ1n) is 7.39. The minimum Gasteiger partial charge on any atom is -0.497 e. The van der Waals surface area contributed by atoms with Crippen LogP contribution in [0.25, 0.3) is 10.6 Å². The third kappa shape index (κ3) is 3.69. The van der Waals surface area contributed by atoms with Gasteiger partial charge in [-0.3, -0.25) is 0 Å². The molecule has 3 aromatic rings. The van der Waals surface area contributed by atoms with Gasteiger partial charge in [-0.15, -0.1) is 11.3 Å². The van der Waals surface area contributed by atoms with Crippen molar-refractivity contribution in [1.82, 2.24) is 15.0 Å². The van der Waals surface area contributed by atoms with Crippen LogP contribution in [0.15, 0.2) is 36.5 Å². The highest BCUT2D eigenvalue weighted by molar-refractivity contribution is 7.15. The minimum absolute atomic E-state index is 0.505. The van der Waals surface area contributed by atoms with E-state index in [9.17, 15) is 0 Å². The third-order valence-electron chi connectivity index (χ3n) is 3.32. The van der Waals surface area contributed by atoms with Gasteiger partial charge < -0.3 is 14.8 Å². The quantitative estimate of drug-likeness (QED) is 0.735. The van der Waals surface area contributed by atoms with E-state index >= 15 is 0 Å². The van der Waals surface area contributed by atoms with Gasteiger partial charge in [0.15, 0.2) is 0 Å². The van der Waals surface area contributed by atoms with E-state index in [1.54, 1.807) is 31.8 Å². The van der Waals surface area contributed by atoms with Crippen molar-refractivity contribution >= 4 is 23.0 Å². The van der Waals surface area contributed by atoms with E-state index in [1.807, 2.05) is 37.3 Å². The van der Waals surface area contributed by atoms with Gasteiger partial charge in [-0.1, -0.05) is 6.07 Å². The van der Waals surface area contributed by atoms with Gasteiger partial charge in [0.25, 0.3) is 0 Å². The highest BCUT2D eigenvalue weighted by Crippen LogP contribution is 2.29. The van der Waals surface area contributed by atoms with Crippen LogP contribution < -0.4 is 10.1 Å². The molecule has 2 aromatic heterocycles. The van der Waals surface area contributed by atoms with Gasteiger partial charge in [-0.05, 0) is 25.1 Å². The fourth-order valence-electron chi connectivity index (χ4n) is 2.25. The van der Waals surface area contributed by atoms with Crippen molar-refractivity contribution in [2.75, 3.05) is 19.5 Å². The van der Waals surface area contributed by atoms with Crippen LogP contribution in [-0.4, -0.2) is 29.2 Å². The molecule has 0 amide bonds. The van der Waals surface area contributed by atoms with Crippen molar-refractivity contribution in [3.05, 3.63) is 47.2 Å². The third-order valence-corrected chi connectivity index (χ3v) is 4.48. The Labute approximate surface area is 144 Å². The topological polar surface area (TPSA) is 69.2 Å². The lowest BCUT2D eigenvalue weighted by molar-refractivity contribution is 0.184. The van der Waals surface area contributed by atoms with Crippen LogP contribution in [0.5, 0.6) is 5.75 Å². The van der Waals surface area contributed by atoms with E-state index in [4.69, 9.17) is 9.47 Å². The maximum absolute atomic E-state index is 5.23. The number of nitrogens with zero attached hydrogens (tertiary/aromatic N) is 3. The summed E-state index contributed by atoms with van der Waals surface area (Å²) in [6, 6.07) is 9.52. The number of thiazole rings is 1. The van der Waals surface area contributed by atoms with Gasteiger partial charge in [-0.2, -0.15) is 0 Å². The second-order valence-corrected chi connectivity index (χ2v) is 6.16. The molecule has 0 unspecified atom stereocenters. The summed E-state index contributed by atoms with van der Waals surface area (Å²) in [7, 11) is 3.30. The lowest BCUT2D eigenvalue weighted by Gasteiger charge is -2.07.